The zero-order chi connectivity index (χ0) is 16.2. The smallest absolute Gasteiger partial charge is 0.151 e. The topological polar surface area (TPSA) is 56.1 Å². The standard InChI is InChI=1S/C17H18FN5/c1-22(16-7-6-13(11-19)10-15(16)18)14-4-3-9-23(12-14)17-5-2-8-20-21-17/h2,5-8,10,14H,3-4,9,12H2,1H3. The predicted octanol–water partition coefficient (Wildman–Crippen LogP) is 2.59. The first-order valence-electron chi connectivity index (χ1n) is 7.64. The molecule has 1 atom stereocenters. The van der Waals surface area contributed by atoms with Gasteiger partial charge in [-0.15, -0.1) is 5.10 Å². The molecule has 1 unspecified atom stereocenters. The van der Waals surface area contributed by atoms with E-state index in [-0.39, 0.29) is 11.9 Å². The van der Waals surface area contributed by atoms with E-state index in [1.165, 1.54) is 6.07 Å². The van der Waals surface area contributed by atoms with Crippen molar-refractivity contribution in [3.8, 4) is 6.07 Å². The summed E-state index contributed by atoms with van der Waals surface area (Å²) in [5, 5.41) is 16.9. The van der Waals surface area contributed by atoms with Crippen molar-refractivity contribution in [2.45, 2.75) is 18.9 Å². The maximum Gasteiger partial charge on any atom is 0.151 e. The number of likely N-dealkylation sites (N-methyl/N-ethyl adjacent to an activating group) is 1. The molecule has 1 fully saturated rings. The first kappa shape index (κ1) is 15.2. The quantitative estimate of drug-likeness (QED) is 0.872. The lowest BCUT2D eigenvalue weighted by molar-refractivity contribution is 0.479. The van der Waals surface area contributed by atoms with Crippen LogP contribution < -0.4 is 9.80 Å². The van der Waals surface area contributed by atoms with Crippen molar-refractivity contribution < 1.29 is 4.39 Å². The highest BCUT2D eigenvalue weighted by atomic mass is 19.1. The van der Waals surface area contributed by atoms with Gasteiger partial charge in [0, 0.05) is 32.4 Å². The minimum absolute atomic E-state index is 0.188. The second-order valence-corrected chi connectivity index (χ2v) is 5.71. The second-order valence-electron chi connectivity index (χ2n) is 5.71. The van der Waals surface area contributed by atoms with E-state index >= 15 is 0 Å². The minimum Gasteiger partial charge on any atom is -0.367 e. The molecule has 0 amide bonds. The molecule has 5 nitrogen and oxygen atoms in total. The first-order chi connectivity index (χ1) is 11.2. The van der Waals surface area contributed by atoms with Crippen molar-refractivity contribution in [1.29, 1.82) is 5.26 Å². The molecule has 0 aliphatic carbocycles. The highest BCUT2D eigenvalue weighted by Gasteiger charge is 2.25. The number of rotatable bonds is 3. The summed E-state index contributed by atoms with van der Waals surface area (Å²) in [6.07, 6.45) is 3.67. The van der Waals surface area contributed by atoms with E-state index in [1.807, 2.05) is 30.1 Å². The average molecular weight is 311 g/mol. The summed E-state index contributed by atoms with van der Waals surface area (Å²) in [6.45, 7) is 1.70. The zero-order valence-electron chi connectivity index (χ0n) is 13.0. The van der Waals surface area contributed by atoms with Gasteiger partial charge in [-0.05, 0) is 43.2 Å². The van der Waals surface area contributed by atoms with Gasteiger partial charge in [0.05, 0.1) is 17.3 Å². The lowest BCUT2D eigenvalue weighted by Crippen LogP contribution is -2.47. The number of hydrogen-bond donors (Lipinski definition) is 0. The fraction of sp³-hybridized carbons (Fsp3) is 0.353. The van der Waals surface area contributed by atoms with Gasteiger partial charge in [-0.1, -0.05) is 0 Å². The predicted molar refractivity (Wildman–Crippen MR) is 86.8 cm³/mol. The minimum atomic E-state index is -0.358. The van der Waals surface area contributed by atoms with Crippen LogP contribution in [0, 0.1) is 17.1 Å². The Bertz CT molecular complexity index is 713. The van der Waals surface area contributed by atoms with Crippen LogP contribution in [-0.4, -0.2) is 36.4 Å². The molecule has 1 aromatic heterocycles. The average Bonchev–Trinajstić information content (AvgIpc) is 2.62. The molecule has 3 rings (SSSR count). The lowest BCUT2D eigenvalue weighted by Gasteiger charge is -2.39. The maximum atomic E-state index is 14.2. The molecule has 1 aliphatic rings. The van der Waals surface area contributed by atoms with Crippen LogP contribution in [0.2, 0.25) is 0 Å². The summed E-state index contributed by atoms with van der Waals surface area (Å²) >= 11 is 0. The number of anilines is 2. The van der Waals surface area contributed by atoms with Crippen LogP contribution >= 0.6 is 0 Å². The number of piperidine rings is 1. The van der Waals surface area contributed by atoms with Gasteiger partial charge in [0.15, 0.2) is 5.82 Å². The van der Waals surface area contributed by atoms with E-state index in [0.717, 1.165) is 31.7 Å². The van der Waals surface area contributed by atoms with Crippen LogP contribution in [-0.2, 0) is 0 Å². The molecule has 2 heterocycles. The molecule has 0 bridgehead atoms. The molecular formula is C17H18FN5. The summed E-state index contributed by atoms with van der Waals surface area (Å²) < 4.78 is 14.2. The fourth-order valence-electron chi connectivity index (χ4n) is 3.00. The van der Waals surface area contributed by atoms with Crippen LogP contribution in [0.3, 0.4) is 0 Å². The molecule has 0 spiro atoms. The van der Waals surface area contributed by atoms with Gasteiger partial charge in [0.25, 0.3) is 0 Å². The SMILES string of the molecule is CN(c1ccc(C#N)cc1F)C1CCCN(c2cccnn2)C1. The second kappa shape index (κ2) is 6.61. The molecule has 23 heavy (non-hydrogen) atoms. The molecule has 2 aromatic rings. The van der Waals surface area contributed by atoms with Gasteiger partial charge >= 0.3 is 0 Å². The van der Waals surface area contributed by atoms with Crippen LogP contribution in [0.1, 0.15) is 18.4 Å². The van der Waals surface area contributed by atoms with Crippen LogP contribution in [0.4, 0.5) is 15.9 Å². The summed E-state index contributed by atoms with van der Waals surface area (Å²) in [6, 6.07) is 10.6. The van der Waals surface area contributed by atoms with Gasteiger partial charge in [-0.25, -0.2) is 4.39 Å². The van der Waals surface area contributed by atoms with Gasteiger partial charge in [-0.2, -0.15) is 10.4 Å². The van der Waals surface area contributed by atoms with E-state index in [0.29, 0.717) is 11.3 Å². The van der Waals surface area contributed by atoms with Crippen molar-refractivity contribution in [1.82, 2.24) is 10.2 Å². The Morgan fingerprint density at radius 3 is 2.96 bits per heavy atom. The monoisotopic (exact) mass is 311 g/mol. The van der Waals surface area contributed by atoms with E-state index < -0.39 is 0 Å². The Morgan fingerprint density at radius 2 is 2.26 bits per heavy atom. The van der Waals surface area contributed by atoms with Gasteiger partial charge < -0.3 is 9.80 Å². The highest BCUT2D eigenvalue weighted by molar-refractivity contribution is 5.52. The number of nitriles is 1. The Labute approximate surface area is 135 Å². The highest BCUT2D eigenvalue weighted by Crippen LogP contribution is 2.26. The molecule has 1 aromatic carbocycles. The molecule has 0 radical (unpaired) electrons. The van der Waals surface area contributed by atoms with E-state index in [1.54, 1.807) is 18.3 Å². The number of aromatic nitrogens is 2. The number of halogens is 1. The van der Waals surface area contributed by atoms with Crippen molar-refractivity contribution in [2.24, 2.45) is 0 Å². The molecule has 1 saturated heterocycles. The maximum absolute atomic E-state index is 14.2. The molecule has 118 valence electrons. The third-order valence-corrected chi connectivity index (χ3v) is 4.28. The molecule has 0 N–H and O–H groups in total. The summed E-state index contributed by atoms with van der Waals surface area (Å²) in [4.78, 5) is 4.14. The third kappa shape index (κ3) is 3.24. The van der Waals surface area contributed by atoms with Crippen molar-refractivity contribution in [3.63, 3.8) is 0 Å². The third-order valence-electron chi connectivity index (χ3n) is 4.28. The largest absolute Gasteiger partial charge is 0.367 e. The number of hydrogen-bond acceptors (Lipinski definition) is 5. The Hall–Kier alpha value is -2.68. The normalized spacial score (nSPS) is 17.6. The molecule has 6 heteroatoms. The zero-order valence-corrected chi connectivity index (χ0v) is 13.0. The molecular weight excluding hydrogens is 293 g/mol. The van der Waals surface area contributed by atoms with Gasteiger partial charge in [0.1, 0.15) is 5.82 Å². The fourth-order valence-corrected chi connectivity index (χ4v) is 3.00. The van der Waals surface area contributed by atoms with Crippen LogP contribution in [0.25, 0.3) is 0 Å². The summed E-state index contributed by atoms with van der Waals surface area (Å²) in [7, 11) is 1.90. The van der Waals surface area contributed by atoms with Gasteiger partial charge in [-0.3, -0.25) is 0 Å². The number of nitrogens with zero attached hydrogens (tertiary/aromatic N) is 5. The van der Waals surface area contributed by atoms with E-state index in [9.17, 15) is 4.39 Å². The first-order valence-corrected chi connectivity index (χ1v) is 7.64. The van der Waals surface area contributed by atoms with Crippen molar-refractivity contribution in [3.05, 3.63) is 47.9 Å². The summed E-state index contributed by atoms with van der Waals surface area (Å²) in [5.74, 6) is 0.495. The molecule has 1 aliphatic heterocycles. The van der Waals surface area contributed by atoms with E-state index in [4.69, 9.17) is 5.26 Å². The Balaban J connectivity index is 1.77. The van der Waals surface area contributed by atoms with Crippen LogP contribution in [0.5, 0.6) is 0 Å². The van der Waals surface area contributed by atoms with Crippen molar-refractivity contribution in [2.75, 3.05) is 29.9 Å². The number of benzene rings is 1. The Morgan fingerprint density at radius 1 is 1.39 bits per heavy atom. The molecule has 0 saturated carbocycles. The van der Waals surface area contributed by atoms with Gasteiger partial charge in [0.2, 0.25) is 0 Å². The van der Waals surface area contributed by atoms with Crippen LogP contribution in [0.15, 0.2) is 36.5 Å². The van der Waals surface area contributed by atoms with E-state index in [2.05, 4.69) is 15.1 Å². The lowest BCUT2D eigenvalue weighted by atomic mass is 10.0. The van der Waals surface area contributed by atoms with Crippen molar-refractivity contribution >= 4 is 11.5 Å². The summed E-state index contributed by atoms with van der Waals surface area (Å²) in [5.41, 5.74) is 0.861. The Kier molecular flexibility index (Phi) is 4.38.